The zero-order valence-corrected chi connectivity index (χ0v) is 17.8. The van der Waals surface area contributed by atoms with Gasteiger partial charge in [0.05, 0.1) is 13.7 Å². The molecule has 31 heavy (non-hydrogen) atoms. The van der Waals surface area contributed by atoms with Gasteiger partial charge in [0.1, 0.15) is 17.4 Å². The van der Waals surface area contributed by atoms with Crippen molar-refractivity contribution in [3.8, 4) is 23.3 Å². The molecule has 0 aromatic heterocycles. The zero-order chi connectivity index (χ0) is 22.6. The summed E-state index contributed by atoms with van der Waals surface area (Å²) in [4.78, 5) is 23.9. The van der Waals surface area contributed by atoms with Crippen molar-refractivity contribution in [3.05, 3.63) is 59.2 Å². The molecule has 0 N–H and O–H groups in total. The van der Waals surface area contributed by atoms with E-state index in [0.717, 1.165) is 12.8 Å². The Bertz CT molecular complexity index is 973. The first-order valence-corrected chi connectivity index (χ1v) is 9.90. The van der Waals surface area contributed by atoms with Crippen molar-refractivity contribution in [2.75, 3.05) is 20.3 Å². The molecule has 0 saturated heterocycles. The van der Waals surface area contributed by atoms with Crippen molar-refractivity contribution >= 4 is 18.0 Å². The van der Waals surface area contributed by atoms with Gasteiger partial charge in [-0.15, -0.1) is 0 Å². The number of aryl methyl sites for hydroxylation is 1. The molecule has 162 valence electrons. The standard InChI is InChI=1S/C24H25NO6/c1-4-6-17-7-10-20(11-8-17)30-16-23(26)31-21-12-9-18(14-22(21)28-3)13-19(15-25)24(27)29-5-2/h7-14H,4-6,16H2,1-3H3/b19-13+. The van der Waals surface area contributed by atoms with Crippen LogP contribution in [0.1, 0.15) is 31.4 Å². The molecule has 7 heteroatoms. The van der Waals surface area contributed by atoms with Gasteiger partial charge < -0.3 is 18.9 Å². The fourth-order valence-electron chi connectivity index (χ4n) is 2.71. The molecule has 0 fully saturated rings. The van der Waals surface area contributed by atoms with Gasteiger partial charge >= 0.3 is 11.9 Å². The van der Waals surface area contributed by atoms with Gasteiger partial charge in [-0.25, -0.2) is 9.59 Å². The molecule has 2 aromatic rings. The van der Waals surface area contributed by atoms with Crippen LogP contribution in [0.25, 0.3) is 6.08 Å². The molecule has 7 nitrogen and oxygen atoms in total. The summed E-state index contributed by atoms with van der Waals surface area (Å²) in [5.74, 6) is -0.261. The third kappa shape index (κ3) is 7.19. The number of nitrogens with zero attached hydrogens (tertiary/aromatic N) is 1. The van der Waals surface area contributed by atoms with E-state index in [1.54, 1.807) is 25.1 Å². The smallest absolute Gasteiger partial charge is 0.349 e. The molecule has 0 unspecified atom stereocenters. The molecule has 2 aromatic carbocycles. The number of rotatable bonds is 10. The van der Waals surface area contributed by atoms with Crippen molar-refractivity contribution in [2.45, 2.75) is 26.7 Å². The highest BCUT2D eigenvalue weighted by atomic mass is 16.6. The van der Waals surface area contributed by atoms with Crippen molar-refractivity contribution in [2.24, 2.45) is 0 Å². The average Bonchev–Trinajstić information content (AvgIpc) is 2.78. The van der Waals surface area contributed by atoms with Gasteiger partial charge in [-0.1, -0.05) is 31.5 Å². The van der Waals surface area contributed by atoms with E-state index >= 15 is 0 Å². The van der Waals surface area contributed by atoms with E-state index in [-0.39, 0.29) is 30.3 Å². The molecule has 0 heterocycles. The highest BCUT2D eigenvalue weighted by molar-refractivity contribution is 5.98. The van der Waals surface area contributed by atoms with E-state index in [2.05, 4.69) is 6.92 Å². The number of carbonyl (C=O) groups excluding carboxylic acids is 2. The van der Waals surface area contributed by atoms with Gasteiger partial charge in [-0.3, -0.25) is 0 Å². The molecule has 0 bridgehead atoms. The second-order valence-electron chi connectivity index (χ2n) is 6.46. The lowest BCUT2D eigenvalue weighted by atomic mass is 10.1. The Kier molecular flexibility index (Phi) is 9.12. The lowest BCUT2D eigenvalue weighted by Gasteiger charge is -2.11. The maximum Gasteiger partial charge on any atom is 0.349 e. The van der Waals surface area contributed by atoms with Crippen LogP contribution in [0.5, 0.6) is 17.2 Å². The second-order valence-corrected chi connectivity index (χ2v) is 6.46. The summed E-state index contributed by atoms with van der Waals surface area (Å²) in [5, 5.41) is 9.15. The van der Waals surface area contributed by atoms with Gasteiger partial charge in [0.2, 0.25) is 0 Å². The highest BCUT2D eigenvalue weighted by Crippen LogP contribution is 2.29. The number of esters is 2. The van der Waals surface area contributed by atoms with E-state index in [1.165, 1.54) is 24.8 Å². The van der Waals surface area contributed by atoms with E-state index in [4.69, 9.17) is 24.2 Å². The summed E-state index contributed by atoms with van der Waals surface area (Å²) in [5.41, 5.74) is 1.58. The average molecular weight is 423 g/mol. The van der Waals surface area contributed by atoms with Gasteiger partial charge in [-0.05, 0) is 54.8 Å². The largest absolute Gasteiger partial charge is 0.493 e. The number of methoxy groups -OCH3 is 1. The van der Waals surface area contributed by atoms with Crippen molar-refractivity contribution in [1.82, 2.24) is 0 Å². The molecule has 0 aliphatic heterocycles. The summed E-state index contributed by atoms with van der Waals surface area (Å²) in [7, 11) is 1.42. The van der Waals surface area contributed by atoms with Crippen LogP contribution in [0.4, 0.5) is 0 Å². The third-order valence-corrected chi connectivity index (χ3v) is 4.16. The molecule has 0 saturated carbocycles. The predicted octanol–water partition coefficient (Wildman–Crippen LogP) is 4.10. The van der Waals surface area contributed by atoms with E-state index in [9.17, 15) is 9.59 Å². The predicted molar refractivity (Wildman–Crippen MR) is 115 cm³/mol. The molecule has 0 radical (unpaired) electrons. The number of hydrogen-bond acceptors (Lipinski definition) is 7. The zero-order valence-electron chi connectivity index (χ0n) is 17.8. The first-order valence-electron chi connectivity index (χ1n) is 9.90. The van der Waals surface area contributed by atoms with Crippen LogP contribution in [-0.4, -0.2) is 32.3 Å². The number of nitriles is 1. The van der Waals surface area contributed by atoms with Crippen LogP contribution in [0.3, 0.4) is 0 Å². The summed E-state index contributed by atoms with van der Waals surface area (Å²) in [6.07, 6.45) is 3.42. The first kappa shape index (κ1) is 23.5. The maximum absolute atomic E-state index is 12.2. The quantitative estimate of drug-likeness (QED) is 0.246. The molecular weight excluding hydrogens is 398 g/mol. The summed E-state index contributed by atoms with van der Waals surface area (Å²) in [6.45, 7) is 3.67. The Morgan fingerprint density at radius 1 is 1.06 bits per heavy atom. The monoisotopic (exact) mass is 423 g/mol. The number of hydrogen-bond donors (Lipinski definition) is 0. The van der Waals surface area contributed by atoms with Crippen LogP contribution in [-0.2, 0) is 20.7 Å². The Morgan fingerprint density at radius 3 is 2.42 bits per heavy atom. The van der Waals surface area contributed by atoms with Crippen LogP contribution >= 0.6 is 0 Å². The first-order chi connectivity index (χ1) is 15.0. The number of benzene rings is 2. The lowest BCUT2D eigenvalue weighted by Crippen LogP contribution is -2.18. The van der Waals surface area contributed by atoms with Crippen LogP contribution in [0.15, 0.2) is 48.0 Å². The fourth-order valence-corrected chi connectivity index (χ4v) is 2.71. The Balaban J connectivity index is 2.03. The fraction of sp³-hybridized carbons (Fsp3) is 0.292. The minimum absolute atomic E-state index is 0.146. The Hall–Kier alpha value is -3.79. The molecule has 0 aliphatic carbocycles. The highest BCUT2D eigenvalue weighted by Gasteiger charge is 2.14. The maximum atomic E-state index is 12.2. The van der Waals surface area contributed by atoms with Crippen molar-refractivity contribution < 1.29 is 28.5 Å². The normalized spacial score (nSPS) is 10.7. The van der Waals surface area contributed by atoms with Crippen molar-refractivity contribution in [1.29, 1.82) is 5.26 Å². The summed E-state index contributed by atoms with van der Waals surface area (Å²) < 4.78 is 20.9. The van der Waals surface area contributed by atoms with Crippen LogP contribution in [0.2, 0.25) is 0 Å². The summed E-state index contributed by atoms with van der Waals surface area (Å²) >= 11 is 0. The van der Waals surface area contributed by atoms with Gasteiger partial charge in [-0.2, -0.15) is 5.26 Å². The van der Waals surface area contributed by atoms with Gasteiger partial charge in [0.15, 0.2) is 18.1 Å². The van der Waals surface area contributed by atoms with Crippen LogP contribution in [0, 0.1) is 11.3 Å². The van der Waals surface area contributed by atoms with Gasteiger partial charge in [0, 0.05) is 0 Å². The third-order valence-electron chi connectivity index (χ3n) is 4.16. The molecule has 0 amide bonds. The summed E-state index contributed by atoms with van der Waals surface area (Å²) in [6, 6.07) is 14.0. The topological polar surface area (TPSA) is 94.9 Å². The SMILES string of the molecule is CCCc1ccc(OCC(=O)Oc2ccc(/C=C(\C#N)C(=O)OCC)cc2OC)cc1. The molecule has 0 atom stereocenters. The molecule has 0 aliphatic rings. The van der Waals surface area contributed by atoms with E-state index in [0.29, 0.717) is 11.3 Å². The second kappa shape index (κ2) is 12.0. The molecule has 0 spiro atoms. The number of carbonyl (C=O) groups is 2. The Morgan fingerprint density at radius 2 is 1.81 bits per heavy atom. The minimum atomic E-state index is -0.709. The van der Waals surface area contributed by atoms with E-state index in [1.807, 2.05) is 24.3 Å². The van der Waals surface area contributed by atoms with E-state index < -0.39 is 11.9 Å². The molecular formula is C24H25NO6. The van der Waals surface area contributed by atoms with Gasteiger partial charge in [0.25, 0.3) is 0 Å². The number of ether oxygens (including phenoxy) is 4. The minimum Gasteiger partial charge on any atom is -0.493 e. The Labute approximate surface area is 181 Å². The molecule has 2 rings (SSSR count). The lowest BCUT2D eigenvalue weighted by molar-refractivity contribution is -0.138. The van der Waals surface area contributed by atoms with Crippen molar-refractivity contribution in [3.63, 3.8) is 0 Å². The van der Waals surface area contributed by atoms with Crippen LogP contribution < -0.4 is 14.2 Å².